The van der Waals surface area contributed by atoms with Crippen LogP contribution in [0.4, 0.5) is 4.79 Å². The first-order valence-corrected chi connectivity index (χ1v) is 11.2. The van der Waals surface area contributed by atoms with E-state index in [2.05, 4.69) is 17.7 Å². The van der Waals surface area contributed by atoms with Gasteiger partial charge in [-0.3, -0.25) is 0 Å². The maximum absolute atomic E-state index is 11.8. The molecule has 1 saturated carbocycles. The minimum absolute atomic E-state index is 0.0469. The lowest BCUT2D eigenvalue weighted by atomic mass is 10.0. The van der Waals surface area contributed by atoms with Gasteiger partial charge in [-0.15, -0.1) is 0 Å². The molecule has 0 heterocycles. The number of carbonyl (C=O) groups is 2. The van der Waals surface area contributed by atoms with Gasteiger partial charge in [0.15, 0.2) is 0 Å². The molecule has 0 bridgehead atoms. The Morgan fingerprint density at radius 2 is 1.90 bits per heavy atom. The Morgan fingerprint density at radius 3 is 2.66 bits per heavy atom. The molecule has 10 nitrogen and oxygen atoms in total. The monoisotopic (exact) mass is 434 g/mol. The fourth-order valence-corrected chi connectivity index (χ4v) is 4.32. The van der Waals surface area contributed by atoms with Gasteiger partial charge in [0.1, 0.15) is 6.61 Å². The molecule has 0 radical (unpaired) electrons. The third-order valence-corrected chi connectivity index (χ3v) is 6.15. The first-order chi connectivity index (χ1) is 13.8. The number of hydrogen-bond donors (Lipinski definition) is 3. The molecule has 1 amide bonds. The van der Waals surface area contributed by atoms with Crippen molar-refractivity contribution in [2.45, 2.75) is 32.6 Å². The summed E-state index contributed by atoms with van der Waals surface area (Å²) in [7, 11) is -4.03. The number of ether oxygens (including phenoxy) is 3. The van der Waals surface area contributed by atoms with E-state index >= 15 is 0 Å². The second-order valence-electron chi connectivity index (χ2n) is 7.32. The van der Waals surface area contributed by atoms with Crippen molar-refractivity contribution in [3.05, 3.63) is 11.6 Å². The number of carbonyl (C=O) groups excluding carboxylic acids is 1. The van der Waals surface area contributed by atoms with Gasteiger partial charge >= 0.3 is 22.3 Å². The van der Waals surface area contributed by atoms with Crippen LogP contribution in [-0.4, -0.2) is 65.2 Å². The average Bonchev–Trinajstić information content (AvgIpc) is 3.28. The van der Waals surface area contributed by atoms with E-state index in [1.54, 1.807) is 0 Å². The third kappa shape index (κ3) is 9.11. The van der Waals surface area contributed by atoms with E-state index in [1.807, 2.05) is 4.72 Å². The van der Waals surface area contributed by atoms with Crippen LogP contribution in [0.5, 0.6) is 0 Å². The molecule has 0 aromatic rings. The number of fused-ring (bicyclic) bond motifs is 1. The Morgan fingerprint density at radius 1 is 1.17 bits per heavy atom. The number of allylic oxidation sites excluding steroid dienone is 2. The molecule has 29 heavy (non-hydrogen) atoms. The Kier molecular flexibility index (Phi) is 9.34. The molecule has 0 aliphatic heterocycles. The van der Waals surface area contributed by atoms with E-state index in [-0.39, 0.29) is 33.0 Å². The fraction of sp³-hybridized carbons (Fsp3) is 0.778. The Hall–Kier alpha value is -1.69. The maximum Gasteiger partial charge on any atom is 0.421 e. The first-order valence-electron chi connectivity index (χ1n) is 9.75. The lowest BCUT2D eigenvalue weighted by Crippen LogP contribution is -2.42. The van der Waals surface area contributed by atoms with E-state index in [0.29, 0.717) is 17.8 Å². The van der Waals surface area contributed by atoms with Crippen LogP contribution in [0.2, 0.25) is 0 Å². The highest BCUT2D eigenvalue weighted by molar-refractivity contribution is 7.88. The topological polar surface area (TPSA) is 140 Å². The molecule has 2 aliphatic rings. The quantitative estimate of drug-likeness (QED) is 0.306. The minimum Gasteiger partial charge on any atom is -0.480 e. The van der Waals surface area contributed by atoms with Crippen molar-refractivity contribution in [2.75, 3.05) is 39.6 Å². The van der Waals surface area contributed by atoms with Crippen LogP contribution in [0.15, 0.2) is 11.6 Å². The van der Waals surface area contributed by atoms with Gasteiger partial charge in [0.2, 0.25) is 0 Å². The van der Waals surface area contributed by atoms with Gasteiger partial charge in [-0.05, 0) is 50.4 Å². The third-order valence-electron chi connectivity index (χ3n) is 5.13. The summed E-state index contributed by atoms with van der Waals surface area (Å²) in [5.74, 6) is 0.345. The fourth-order valence-electron chi connectivity index (χ4n) is 3.62. The van der Waals surface area contributed by atoms with Crippen LogP contribution in [0.1, 0.15) is 32.6 Å². The van der Waals surface area contributed by atoms with Gasteiger partial charge in [-0.1, -0.05) is 11.6 Å². The zero-order valence-corrected chi connectivity index (χ0v) is 17.4. The number of carboxylic acids is 1. The van der Waals surface area contributed by atoms with Crippen molar-refractivity contribution in [3.8, 4) is 0 Å². The number of nitrogens with one attached hydrogen (secondary N) is 2. The molecule has 0 aromatic carbocycles. The predicted molar refractivity (Wildman–Crippen MR) is 103 cm³/mol. The van der Waals surface area contributed by atoms with Crippen LogP contribution < -0.4 is 9.44 Å². The highest BCUT2D eigenvalue weighted by Gasteiger charge is 2.49. The van der Waals surface area contributed by atoms with Crippen molar-refractivity contribution in [2.24, 2.45) is 17.8 Å². The normalized spacial score (nSPS) is 23.9. The number of rotatable bonds is 12. The summed E-state index contributed by atoms with van der Waals surface area (Å²) in [4.78, 5) is 22.0. The van der Waals surface area contributed by atoms with Crippen molar-refractivity contribution in [1.82, 2.24) is 9.44 Å². The lowest BCUT2D eigenvalue weighted by molar-refractivity contribution is -0.142. The summed E-state index contributed by atoms with van der Waals surface area (Å²) in [6.07, 6.45) is 5.55. The zero-order valence-electron chi connectivity index (χ0n) is 16.6. The molecule has 2 aliphatic carbocycles. The molecular formula is C18H30N2O8S. The number of aliphatic carboxylic acids is 1. The summed E-state index contributed by atoms with van der Waals surface area (Å²) >= 11 is 0. The van der Waals surface area contributed by atoms with Crippen LogP contribution in [-0.2, 0) is 29.2 Å². The molecule has 1 fully saturated rings. The van der Waals surface area contributed by atoms with Gasteiger partial charge in [0, 0.05) is 6.54 Å². The highest BCUT2D eigenvalue weighted by Crippen LogP contribution is 2.53. The number of carboxylic acid groups (broad SMARTS) is 1. The molecule has 3 atom stereocenters. The summed E-state index contributed by atoms with van der Waals surface area (Å²) < 4.78 is 42.6. The molecule has 2 rings (SSSR count). The smallest absolute Gasteiger partial charge is 0.421 e. The van der Waals surface area contributed by atoms with Crippen LogP contribution >= 0.6 is 0 Å². The lowest BCUT2D eigenvalue weighted by Gasteiger charge is -2.09. The first kappa shape index (κ1) is 23.6. The van der Waals surface area contributed by atoms with Crippen molar-refractivity contribution in [3.63, 3.8) is 0 Å². The minimum atomic E-state index is -4.03. The second kappa shape index (κ2) is 11.5. The van der Waals surface area contributed by atoms with Crippen molar-refractivity contribution >= 4 is 22.3 Å². The maximum atomic E-state index is 11.8. The van der Waals surface area contributed by atoms with Crippen molar-refractivity contribution < 1.29 is 37.3 Å². The van der Waals surface area contributed by atoms with Gasteiger partial charge in [-0.2, -0.15) is 13.1 Å². The standard InChI is InChI=1S/C18H30N2O8S/c1-13-3-2-4-14-15(6-5-13)16(14)11-28-18(23)20-29(24,25)19-7-8-26-9-10-27-12-17(21)22/h3,14-16,19H,2,4-12H2,1H3,(H,20,23)(H,21,22)/t14-,15+,16-/m1/s1. The highest BCUT2D eigenvalue weighted by atomic mass is 32.2. The van der Waals surface area contributed by atoms with E-state index in [0.717, 1.165) is 25.7 Å². The van der Waals surface area contributed by atoms with E-state index < -0.39 is 28.9 Å². The molecule has 0 unspecified atom stereocenters. The zero-order chi connectivity index (χ0) is 21.3. The largest absolute Gasteiger partial charge is 0.480 e. The number of hydrogen-bond acceptors (Lipinski definition) is 7. The Balaban J connectivity index is 1.54. The van der Waals surface area contributed by atoms with Crippen LogP contribution in [0.3, 0.4) is 0 Å². The SMILES string of the molecule is CC1=CCC[C@@H]2[C@H](CC1)[C@@H]2COC(=O)NS(=O)(=O)NCCOCCOCC(=O)O. The predicted octanol–water partition coefficient (Wildman–Crippen LogP) is 1.05. The molecule has 3 N–H and O–H groups in total. The van der Waals surface area contributed by atoms with E-state index in [9.17, 15) is 18.0 Å². The van der Waals surface area contributed by atoms with Gasteiger partial charge in [-0.25, -0.2) is 14.3 Å². The summed E-state index contributed by atoms with van der Waals surface area (Å²) in [5, 5.41) is 8.38. The van der Waals surface area contributed by atoms with Gasteiger partial charge < -0.3 is 19.3 Å². The van der Waals surface area contributed by atoms with Crippen LogP contribution in [0.25, 0.3) is 0 Å². The molecule has 0 aromatic heterocycles. The Bertz CT molecular complexity index is 694. The summed E-state index contributed by atoms with van der Waals surface area (Å²) in [6, 6.07) is 0. The number of amides is 1. The Labute approximate surface area is 171 Å². The van der Waals surface area contributed by atoms with E-state index in [4.69, 9.17) is 19.3 Å². The summed E-state index contributed by atoms with van der Waals surface area (Å²) in [6.45, 7) is 2.16. The molecule has 0 spiro atoms. The molecular weight excluding hydrogens is 404 g/mol. The summed E-state index contributed by atoms with van der Waals surface area (Å²) in [5.41, 5.74) is 1.40. The van der Waals surface area contributed by atoms with Gasteiger partial charge in [0.05, 0.1) is 26.4 Å². The molecule has 166 valence electrons. The molecule has 0 saturated heterocycles. The molecule has 11 heteroatoms. The average molecular weight is 435 g/mol. The second-order valence-corrected chi connectivity index (χ2v) is 8.81. The van der Waals surface area contributed by atoms with E-state index in [1.165, 1.54) is 5.57 Å². The van der Waals surface area contributed by atoms with Gasteiger partial charge in [0.25, 0.3) is 0 Å². The van der Waals surface area contributed by atoms with Crippen molar-refractivity contribution in [1.29, 1.82) is 0 Å². The van der Waals surface area contributed by atoms with Crippen LogP contribution in [0, 0.1) is 17.8 Å².